The zero-order valence-corrected chi connectivity index (χ0v) is 12.2. The molecule has 2 aromatic rings. The first-order chi connectivity index (χ1) is 9.43. The fourth-order valence-corrected chi connectivity index (χ4v) is 3.22. The number of sulfonamides is 1. The van der Waals surface area contributed by atoms with Gasteiger partial charge in [-0.2, -0.15) is 4.31 Å². The Labute approximate surface area is 121 Å². The zero-order valence-electron chi connectivity index (χ0n) is 10.6. The standard InChI is InChI=1S/C13H12ClFN2O2S/c1-17(9-10-4-2-3-5-12(10)15)20(18,19)13-8-16-7-6-11(13)14/h2-8H,9H2,1H3. The molecule has 0 bridgehead atoms. The first-order valence-electron chi connectivity index (χ1n) is 5.72. The molecule has 0 aliphatic heterocycles. The summed E-state index contributed by atoms with van der Waals surface area (Å²) in [6.07, 6.45) is 2.58. The maximum atomic E-state index is 13.6. The van der Waals surface area contributed by atoms with Crippen molar-refractivity contribution >= 4 is 21.6 Å². The lowest BCUT2D eigenvalue weighted by Crippen LogP contribution is -2.27. The van der Waals surface area contributed by atoms with Gasteiger partial charge in [0.1, 0.15) is 10.7 Å². The van der Waals surface area contributed by atoms with Crippen LogP contribution in [0.5, 0.6) is 0 Å². The molecule has 4 nitrogen and oxygen atoms in total. The molecule has 0 saturated carbocycles. The minimum absolute atomic E-state index is 0.0831. The Hall–Kier alpha value is -1.50. The highest BCUT2D eigenvalue weighted by Crippen LogP contribution is 2.23. The first-order valence-corrected chi connectivity index (χ1v) is 7.54. The summed E-state index contributed by atoms with van der Waals surface area (Å²) in [5, 5.41) is 0.0837. The van der Waals surface area contributed by atoms with E-state index in [4.69, 9.17) is 11.6 Å². The second-order valence-corrected chi connectivity index (χ2v) is 6.58. The molecule has 0 saturated heterocycles. The summed E-state index contributed by atoms with van der Waals surface area (Å²) in [6.45, 7) is -0.0831. The monoisotopic (exact) mass is 314 g/mol. The summed E-state index contributed by atoms with van der Waals surface area (Å²) in [7, 11) is -2.45. The van der Waals surface area contributed by atoms with Crippen molar-refractivity contribution in [1.82, 2.24) is 9.29 Å². The Morgan fingerprint density at radius 1 is 1.30 bits per heavy atom. The van der Waals surface area contributed by atoms with Crippen LogP contribution in [0.3, 0.4) is 0 Å². The number of pyridine rings is 1. The van der Waals surface area contributed by atoms with Gasteiger partial charge in [-0.25, -0.2) is 12.8 Å². The smallest absolute Gasteiger partial charge is 0.246 e. The van der Waals surface area contributed by atoms with Crippen molar-refractivity contribution in [3.8, 4) is 0 Å². The summed E-state index contributed by atoms with van der Waals surface area (Å²) in [6, 6.07) is 7.41. The Bertz CT molecular complexity index is 722. The number of hydrogen-bond donors (Lipinski definition) is 0. The Balaban J connectivity index is 2.31. The van der Waals surface area contributed by atoms with Crippen molar-refractivity contribution in [2.24, 2.45) is 0 Å². The van der Waals surface area contributed by atoms with E-state index in [-0.39, 0.29) is 16.5 Å². The Morgan fingerprint density at radius 3 is 2.65 bits per heavy atom. The normalized spacial score (nSPS) is 11.8. The number of benzene rings is 1. The minimum Gasteiger partial charge on any atom is -0.263 e. The predicted octanol–water partition coefficient (Wildman–Crippen LogP) is 2.69. The highest BCUT2D eigenvalue weighted by molar-refractivity contribution is 7.89. The molecule has 0 radical (unpaired) electrons. The van der Waals surface area contributed by atoms with E-state index in [1.165, 1.54) is 37.6 Å². The minimum atomic E-state index is -3.81. The molecule has 2 rings (SSSR count). The lowest BCUT2D eigenvalue weighted by atomic mass is 10.2. The molecular formula is C13H12ClFN2O2S. The van der Waals surface area contributed by atoms with E-state index in [0.29, 0.717) is 5.56 Å². The third-order valence-corrected chi connectivity index (χ3v) is 5.05. The average molecular weight is 315 g/mol. The molecule has 1 heterocycles. The van der Waals surface area contributed by atoms with E-state index < -0.39 is 15.8 Å². The van der Waals surface area contributed by atoms with Crippen LogP contribution in [-0.2, 0) is 16.6 Å². The molecule has 1 aromatic heterocycles. The summed E-state index contributed by atoms with van der Waals surface area (Å²) in [5.74, 6) is -0.452. The van der Waals surface area contributed by atoms with Crippen molar-refractivity contribution in [2.75, 3.05) is 7.05 Å². The van der Waals surface area contributed by atoms with Crippen LogP contribution in [0.25, 0.3) is 0 Å². The van der Waals surface area contributed by atoms with Crippen LogP contribution >= 0.6 is 11.6 Å². The van der Waals surface area contributed by atoms with Gasteiger partial charge < -0.3 is 0 Å². The molecule has 0 amide bonds. The number of aromatic nitrogens is 1. The highest BCUT2D eigenvalue weighted by atomic mass is 35.5. The van der Waals surface area contributed by atoms with Gasteiger partial charge >= 0.3 is 0 Å². The second kappa shape index (κ2) is 5.87. The van der Waals surface area contributed by atoms with Gasteiger partial charge in [-0.1, -0.05) is 29.8 Å². The third-order valence-electron chi connectivity index (χ3n) is 2.77. The van der Waals surface area contributed by atoms with E-state index in [1.807, 2.05) is 0 Å². The molecule has 7 heteroatoms. The van der Waals surface area contributed by atoms with E-state index in [0.717, 1.165) is 4.31 Å². The molecule has 20 heavy (non-hydrogen) atoms. The van der Waals surface area contributed by atoms with Gasteiger partial charge in [0, 0.05) is 31.5 Å². The average Bonchev–Trinajstić information content (AvgIpc) is 2.41. The second-order valence-electron chi connectivity index (χ2n) is 4.16. The fourth-order valence-electron chi connectivity index (χ4n) is 1.67. The van der Waals surface area contributed by atoms with Crippen LogP contribution in [0.4, 0.5) is 4.39 Å². The Morgan fingerprint density at radius 2 is 2.00 bits per heavy atom. The zero-order chi connectivity index (χ0) is 14.8. The maximum Gasteiger partial charge on any atom is 0.246 e. The van der Waals surface area contributed by atoms with Crippen LogP contribution in [-0.4, -0.2) is 24.8 Å². The van der Waals surface area contributed by atoms with Gasteiger partial charge in [-0.05, 0) is 12.1 Å². The number of nitrogens with zero attached hydrogens (tertiary/aromatic N) is 2. The molecule has 0 fully saturated rings. The van der Waals surface area contributed by atoms with Gasteiger partial charge in [-0.15, -0.1) is 0 Å². The molecule has 0 aliphatic rings. The van der Waals surface area contributed by atoms with Gasteiger partial charge in [0.25, 0.3) is 0 Å². The van der Waals surface area contributed by atoms with Crippen LogP contribution in [0.2, 0.25) is 5.02 Å². The van der Waals surface area contributed by atoms with Crippen molar-refractivity contribution in [3.05, 3.63) is 59.1 Å². The van der Waals surface area contributed by atoms with Gasteiger partial charge in [0.15, 0.2) is 0 Å². The highest BCUT2D eigenvalue weighted by Gasteiger charge is 2.24. The number of hydrogen-bond acceptors (Lipinski definition) is 3. The third kappa shape index (κ3) is 2.98. The lowest BCUT2D eigenvalue weighted by Gasteiger charge is -2.18. The summed E-state index contributed by atoms with van der Waals surface area (Å²) in [4.78, 5) is 3.66. The van der Waals surface area contributed by atoms with Crippen molar-refractivity contribution in [1.29, 1.82) is 0 Å². The molecular weight excluding hydrogens is 303 g/mol. The predicted molar refractivity (Wildman–Crippen MR) is 74.3 cm³/mol. The summed E-state index contributed by atoms with van der Waals surface area (Å²) in [5.41, 5.74) is 0.290. The van der Waals surface area contributed by atoms with Crippen LogP contribution in [0.1, 0.15) is 5.56 Å². The SMILES string of the molecule is CN(Cc1ccccc1F)S(=O)(=O)c1cnccc1Cl. The quantitative estimate of drug-likeness (QED) is 0.872. The van der Waals surface area contributed by atoms with E-state index in [1.54, 1.807) is 12.1 Å². The molecule has 1 aromatic carbocycles. The van der Waals surface area contributed by atoms with Crippen molar-refractivity contribution in [3.63, 3.8) is 0 Å². The fraction of sp³-hybridized carbons (Fsp3) is 0.154. The molecule has 0 N–H and O–H groups in total. The van der Waals surface area contributed by atoms with Gasteiger partial charge in [0.05, 0.1) is 5.02 Å². The van der Waals surface area contributed by atoms with E-state index >= 15 is 0 Å². The summed E-state index contributed by atoms with van der Waals surface area (Å²) >= 11 is 5.87. The summed E-state index contributed by atoms with van der Waals surface area (Å²) < 4.78 is 39.3. The molecule has 0 unspecified atom stereocenters. The van der Waals surface area contributed by atoms with Crippen molar-refractivity contribution < 1.29 is 12.8 Å². The van der Waals surface area contributed by atoms with Crippen molar-refractivity contribution in [2.45, 2.75) is 11.4 Å². The molecule has 106 valence electrons. The number of halogens is 2. The Kier molecular flexibility index (Phi) is 4.37. The van der Waals surface area contributed by atoms with Gasteiger partial charge in [-0.3, -0.25) is 4.98 Å². The number of rotatable bonds is 4. The lowest BCUT2D eigenvalue weighted by molar-refractivity contribution is 0.456. The largest absolute Gasteiger partial charge is 0.263 e. The van der Waals surface area contributed by atoms with Crippen LogP contribution < -0.4 is 0 Å². The van der Waals surface area contributed by atoms with Crippen LogP contribution in [0.15, 0.2) is 47.6 Å². The van der Waals surface area contributed by atoms with E-state index in [2.05, 4.69) is 4.98 Å². The maximum absolute atomic E-state index is 13.6. The van der Waals surface area contributed by atoms with Crippen LogP contribution in [0, 0.1) is 5.82 Å². The molecule has 0 spiro atoms. The van der Waals surface area contributed by atoms with E-state index in [9.17, 15) is 12.8 Å². The topological polar surface area (TPSA) is 50.3 Å². The molecule has 0 atom stereocenters. The molecule has 0 aliphatic carbocycles. The first kappa shape index (κ1) is 14.9. The van der Waals surface area contributed by atoms with Gasteiger partial charge in [0.2, 0.25) is 10.0 Å².